The number of halogens is 1. The van der Waals surface area contributed by atoms with Crippen LogP contribution in [0.3, 0.4) is 0 Å². The number of carbonyl (C=O) groups is 1. The van der Waals surface area contributed by atoms with Crippen LogP contribution in [0.5, 0.6) is 0 Å². The van der Waals surface area contributed by atoms with E-state index in [0.717, 1.165) is 24.9 Å². The van der Waals surface area contributed by atoms with Gasteiger partial charge in [-0.25, -0.2) is 0 Å². The molecule has 0 heterocycles. The van der Waals surface area contributed by atoms with E-state index in [1.807, 2.05) is 17.0 Å². The van der Waals surface area contributed by atoms with Gasteiger partial charge in [-0.1, -0.05) is 44.7 Å². The maximum Gasteiger partial charge on any atom is 0.254 e. The summed E-state index contributed by atoms with van der Waals surface area (Å²) in [6.07, 6.45) is 5.75. The van der Waals surface area contributed by atoms with Crippen molar-refractivity contribution in [1.29, 1.82) is 0 Å². The lowest BCUT2D eigenvalue weighted by atomic mass is 10.0. The zero-order chi connectivity index (χ0) is 15.0. The first-order valence-electron chi connectivity index (χ1n) is 7.70. The third-order valence-electron chi connectivity index (χ3n) is 3.75. The van der Waals surface area contributed by atoms with Gasteiger partial charge in [0.05, 0.1) is 0 Å². The topological polar surface area (TPSA) is 20.3 Å². The smallest absolute Gasteiger partial charge is 0.254 e. The van der Waals surface area contributed by atoms with Crippen molar-refractivity contribution in [1.82, 2.24) is 4.90 Å². The highest BCUT2D eigenvalue weighted by molar-refractivity contribution is 6.30. The predicted molar refractivity (Wildman–Crippen MR) is 86.4 cm³/mol. The fourth-order valence-corrected chi connectivity index (χ4v) is 2.66. The summed E-state index contributed by atoms with van der Waals surface area (Å²) in [5.74, 6) is 0.118. The molecule has 0 saturated heterocycles. The summed E-state index contributed by atoms with van der Waals surface area (Å²) in [6, 6.07) is 7.52. The van der Waals surface area contributed by atoms with Crippen LogP contribution < -0.4 is 0 Å². The molecule has 0 aliphatic rings. The summed E-state index contributed by atoms with van der Waals surface area (Å²) < 4.78 is 0. The number of amides is 1. The van der Waals surface area contributed by atoms with Gasteiger partial charge >= 0.3 is 0 Å². The van der Waals surface area contributed by atoms with Gasteiger partial charge in [0.25, 0.3) is 5.91 Å². The molecule has 0 N–H and O–H groups in total. The van der Waals surface area contributed by atoms with E-state index in [0.29, 0.717) is 11.1 Å². The van der Waals surface area contributed by atoms with Crippen molar-refractivity contribution >= 4 is 17.5 Å². The fourth-order valence-electron chi connectivity index (χ4n) is 2.54. The Labute approximate surface area is 128 Å². The van der Waals surface area contributed by atoms with Crippen LogP contribution in [0.2, 0.25) is 5.02 Å². The first-order valence-corrected chi connectivity index (χ1v) is 8.08. The molecule has 0 aromatic heterocycles. The summed E-state index contributed by atoms with van der Waals surface area (Å²) >= 11 is 5.88. The molecule has 0 radical (unpaired) electrons. The average molecular weight is 296 g/mol. The summed E-state index contributed by atoms with van der Waals surface area (Å²) in [7, 11) is 0. The van der Waals surface area contributed by atoms with Crippen molar-refractivity contribution in [3.05, 3.63) is 34.9 Å². The number of unbranched alkanes of at least 4 members (excludes halogenated alkanes) is 2. The monoisotopic (exact) mass is 295 g/mol. The standard InChI is InChI=1S/C17H26ClNO/c1-4-7-8-9-16(5-2)19(6-3)17(20)14-10-12-15(18)13-11-14/h10-13,16H,4-9H2,1-3H3. The van der Waals surface area contributed by atoms with Gasteiger partial charge in [0.2, 0.25) is 0 Å². The van der Waals surface area contributed by atoms with Gasteiger partial charge in [0.1, 0.15) is 0 Å². The van der Waals surface area contributed by atoms with Crippen LogP contribution in [0.1, 0.15) is 63.2 Å². The van der Waals surface area contributed by atoms with Crippen LogP contribution in [0, 0.1) is 0 Å². The maximum absolute atomic E-state index is 12.6. The molecule has 0 bridgehead atoms. The van der Waals surface area contributed by atoms with Crippen molar-refractivity contribution in [2.75, 3.05) is 6.54 Å². The van der Waals surface area contributed by atoms with E-state index < -0.39 is 0 Å². The normalized spacial score (nSPS) is 12.2. The average Bonchev–Trinajstić information content (AvgIpc) is 2.47. The zero-order valence-electron chi connectivity index (χ0n) is 12.9. The molecule has 1 unspecified atom stereocenters. The Kier molecular flexibility index (Phi) is 7.68. The number of hydrogen-bond acceptors (Lipinski definition) is 1. The molecular formula is C17H26ClNO. The van der Waals surface area contributed by atoms with Crippen LogP contribution in [0.25, 0.3) is 0 Å². The van der Waals surface area contributed by atoms with Gasteiger partial charge in [0.15, 0.2) is 0 Å². The van der Waals surface area contributed by atoms with E-state index in [1.165, 1.54) is 19.3 Å². The van der Waals surface area contributed by atoms with Crippen molar-refractivity contribution in [3.8, 4) is 0 Å². The summed E-state index contributed by atoms with van der Waals surface area (Å²) in [4.78, 5) is 14.6. The first-order chi connectivity index (χ1) is 9.63. The van der Waals surface area contributed by atoms with Crippen LogP contribution in [0.15, 0.2) is 24.3 Å². The number of rotatable bonds is 8. The molecule has 0 fully saturated rings. The van der Waals surface area contributed by atoms with E-state index in [-0.39, 0.29) is 5.91 Å². The first kappa shape index (κ1) is 17.0. The largest absolute Gasteiger partial charge is 0.336 e. The van der Waals surface area contributed by atoms with E-state index in [1.54, 1.807) is 12.1 Å². The quantitative estimate of drug-likeness (QED) is 0.607. The van der Waals surface area contributed by atoms with Gasteiger partial charge in [-0.05, 0) is 44.0 Å². The molecule has 2 nitrogen and oxygen atoms in total. The second-order valence-electron chi connectivity index (χ2n) is 5.16. The maximum atomic E-state index is 12.6. The second-order valence-corrected chi connectivity index (χ2v) is 5.59. The zero-order valence-corrected chi connectivity index (χ0v) is 13.6. The van der Waals surface area contributed by atoms with Gasteiger partial charge in [0, 0.05) is 23.2 Å². The number of hydrogen-bond donors (Lipinski definition) is 0. The number of benzene rings is 1. The summed E-state index contributed by atoms with van der Waals surface area (Å²) in [5, 5.41) is 0.666. The Bertz CT molecular complexity index is 402. The van der Waals surface area contributed by atoms with Crippen LogP contribution >= 0.6 is 11.6 Å². The van der Waals surface area contributed by atoms with Gasteiger partial charge in [-0.2, -0.15) is 0 Å². The second kappa shape index (κ2) is 9.02. The minimum Gasteiger partial charge on any atom is -0.336 e. The Hall–Kier alpha value is -1.02. The number of carbonyl (C=O) groups excluding carboxylic acids is 1. The highest BCUT2D eigenvalue weighted by atomic mass is 35.5. The molecule has 1 aromatic carbocycles. The minimum absolute atomic E-state index is 0.118. The van der Waals surface area contributed by atoms with E-state index in [9.17, 15) is 4.79 Å². The molecule has 1 atom stereocenters. The lowest BCUT2D eigenvalue weighted by Crippen LogP contribution is -2.39. The SMILES string of the molecule is CCCCCC(CC)N(CC)C(=O)c1ccc(Cl)cc1. The molecular weight excluding hydrogens is 270 g/mol. The molecule has 1 rings (SSSR count). The van der Waals surface area contributed by atoms with Crippen molar-refractivity contribution in [2.45, 2.75) is 58.9 Å². The molecule has 1 amide bonds. The van der Waals surface area contributed by atoms with Crippen LogP contribution in [0.4, 0.5) is 0 Å². The van der Waals surface area contributed by atoms with Gasteiger partial charge in [-0.15, -0.1) is 0 Å². The number of nitrogens with zero attached hydrogens (tertiary/aromatic N) is 1. The van der Waals surface area contributed by atoms with Crippen molar-refractivity contribution < 1.29 is 4.79 Å². The molecule has 0 spiro atoms. The van der Waals surface area contributed by atoms with E-state index in [4.69, 9.17) is 11.6 Å². The Balaban J connectivity index is 2.76. The van der Waals surface area contributed by atoms with E-state index >= 15 is 0 Å². The van der Waals surface area contributed by atoms with Crippen molar-refractivity contribution in [3.63, 3.8) is 0 Å². The Morgan fingerprint density at radius 2 is 1.80 bits per heavy atom. The third kappa shape index (κ3) is 4.82. The molecule has 3 heteroatoms. The Morgan fingerprint density at radius 3 is 2.30 bits per heavy atom. The van der Waals surface area contributed by atoms with Gasteiger partial charge in [-0.3, -0.25) is 4.79 Å². The predicted octanol–water partition coefficient (Wildman–Crippen LogP) is 5.16. The third-order valence-corrected chi connectivity index (χ3v) is 4.00. The highest BCUT2D eigenvalue weighted by Crippen LogP contribution is 2.18. The molecule has 20 heavy (non-hydrogen) atoms. The molecule has 112 valence electrons. The van der Waals surface area contributed by atoms with Crippen molar-refractivity contribution in [2.24, 2.45) is 0 Å². The van der Waals surface area contributed by atoms with E-state index in [2.05, 4.69) is 20.8 Å². The Morgan fingerprint density at radius 1 is 1.15 bits per heavy atom. The molecule has 1 aromatic rings. The lowest BCUT2D eigenvalue weighted by molar-refractivity contribution is 0.0673. The molecule has 0 aliphatic heterocycles. The van der Waals surface area contributed by atoms with Crippen LogP contribution in [-0.4, -0.2) is 23.4 Å². The highest BCUT2D eigenvalue weighted by Gasteiger charge is 2.21. The molecule has 0 saturated carbocycles. The lowest BCUT2D eigenvalue weighted by Gasteiger charge is -2.30. The molecule has 0 aliphatic carbocycles. The van der Waals surface area contributed by atoms with Crippen LogP contribution in [-0.2, 0) is 0 Å². The summed E-state index contributed by atoms with van der Waals surface area (Å²) in [6.45, 7) is 7.17. The van der Waals surface area contributed by atoms with Gasteiger partial charge < -0.3 is 4.90 Å². The minimum atomic E-state index is 0.118. The fraction of sp³-hybridized carbons (Fsp3) is 0.588. The summed E-state index contributed by atoms with van der Waals surface area (Å²) in [5.41, 5.74) is 0.727.